The number of benzene rings is 2. The summed E-state index contributed by atoms with van der Waals surface area (Å²) in [7, 11) is 1.62. The van der Waals surface area contributed by atoms with Crippen LogP contribution in [0.2, 0.25) is 0 Å². The number of anilines is 2. The minimum atomic E-state index is -0.164. The lowest BCUT2D eigenvalue weighted by Gasteiger charge is -2.30. The molecule has 0 unspecified atom stereocenters. The second-order valence-electron chi connectivity index (χ2n) is 7.59. The molecule has 2 aromatic carbocycles. The topological polar surface area (TPSA) is 79.9 Å². The highest BCUT2D eigenvalue weighted by Crippen LogP contribution is 2.32. The predicted octanol–water partition coefficient (Wildman–Crippen LogP) is 2.81. The molecule has 0 spiro atoms. The number of amides is 2. The summed E-state index contributed by atoms with van der Waals surface area (Å²) in [6.07, 6.45) is 1.90. The summed E-state index contributed by atoms with van der Waals surface area (Å²) in [6.45, 7) is 2.99. The molecule has 1 aliphatic carbocycles. The van der Waals surface area contributed by atoms with Crippen molar-refractivity contribution in [3.63, 3.8) is 0 Å². The molecule has 1 saturated heterocycles. The van der Waals surface area contributed by atoms with Gasteiger partial charge in [-0.1, -0.05) is 18.2 Å². The summed E-state index contributed by atoms with van der Waals surface area (Å²) in [5.74, 6) is 0.753. The van der Waals surface area contributed by atoms with Crippen molar-refractivity contribution in [1.29, 1.82) is 0 Å². The second kappa shape index (κ2) is 9.17. The Hall–Kier alpha value is -3.06. The van der Waals surface area contributed by atoms with Gasteiger partial charge in [-0.15, -0.1) is 0 Å². The minimum Gasteiger partial charge on any atom is -0.496 e. The number of ether oxygens (including phenoxy) is 2. The molecule has 2 amide bonds. The molecule has 30 heavy (non-hydrogen) atoms. The zero-order valence-electron chi connectivity index (χ0n) is 17.1. The quantitative estimate of drug-likeness (QED) is 0.735. The van der Waals surface area contributed by atoms with E-state index in [9.17, 15) is 9.59 Å². The van der Waals surface area contributed by atoms with Gasteiger partial charge in [0, 0.05) is 36.8 Å². The summed E-state index contributed by atoms with van der Waals surface area (Å²) in [4.78, 5) is 27.3. The largest absolute Gasteiger partial charge is 0.496 e. The molecule has 0 bridgehead atoms. The van der Waals surface area contributed by atoms with Gasteiger partial charge >= 0.3 is 0 Å². The summed E-state index contributed by atoms with van der Waals surface area (Å²) < 4.78 is 10.8. The standard InChI is InChI=1S/C23H27N3O4/c1-29-21-5-3-2-4-17(21)15-24-23(28)19-9-8-18(25-22(27)16-6-7-16)14-20(19)26-10-12-30-13-11-26/h2-5,8-9,14,16H,6-7,10-13,15H2,1H3,(H,24,28)(H,25,27). The molecule has 0 atom stereocenters. The van der Waals surface area contributed by atoms with Gasteiger partial charge < -0.3 is 25.0 Å². The van der Waals surface area contributed by atoms with Gasteiger partial charge in [-0.2, -0.15) is 0 Å². The van der Waals surface area contributed by atoms with E-state index in [1.807, 2.05) is 30.3 Å². The number of hydrogen-bond donors (Lipinski definition) is 2. The van der Waals surface area contributed by atoms with E-state index in [1.165, 1.54) is 0 Å². The zero-order chi connectivity index (χ0) is 20.9. The number of para-hydroxylation sites is 1. The average Bonchev–Trinajstić information content (AvgIpc) is 3.64. The minimum absolute atomic E-state index is 0.0521. The van der Waals surface area contributed by atoms with Crippen LogP contribution in [0.1, 0.15) is 28.8 Å². The van der Waals surface area contributed by atoms with Gasteiger partial charge in [0.2, 0.25) is 5.91 Å². The predicted molar refractivity (Wildman–Crippen MR) is 115 cm³/mol. The molecule has 7 nitrogen and oxygen atoms in total. The first-order valence-electron chi connectivity index (χ1n) is 10.3. The van der Waals surface area contributed by atoms with Gasteiger partial charge in [0.15, 0.2) is 0 Å². The molecular formula is C23H27N3O4. The fraction of sp³-hybridized carbons (Fsp3) is 0.391. The van der Waals surface area contributed by atoms with E-state index in [1.54, 1.807) is 19.2 Å². The SMILES string of the molecule is COc1ccccc1CNC(=O)c1ccc(NC(=O)C2CC2)cc1N1CCOCC1. The van der Waals surface area contributed by atoms with Gasteiger partial charge in [-0.3, -0.25) is 9.59 Å². The van der Waals surface area contributed by atoms with Crippen molar-refractivity contribution in [2.45, 2.75) is 19.4 Å². The molecular weight excluding hydrogens is 382 g/mol. The monoisotopic (exact) mass is 409 g/mol. The van der Waals surface area contributed by atoms with Crippen LogP contribution in [-0.2, 0) is 16.1 Å². The Morgan fingerprint density at radius 2 is 1.90 bits per heavy atom. The summed E-state index contributed by atoms with van der Waals surface area (Å²) >= 11 is 0. The number of rotatable bonds is 7. The molecule has 2 fully saturated rings. The fourth-order valence-corrected chi connectivity index (χ4v) is 3.58. The zero-order valence-corrected chi connectivity index (χ0v) is 17.1. The van der Waals surface area contributed by atoms with E-state index in [-0.39, 0.29) is 17.7 Å². The molecule has 2 N–H and O–H groups in total. The summed E-state index contributed by atoms with van der Waals surface area (Å²) in [5, 5.41) is 5.97. The lowest BCUT2D eigenvalue weighted by Crippen LogP contribution is -2.38. The molecule has 0 aromatic heterocycles. The Bertz CT molecular complexity index is 920. The number of hydrogen-bond acceptors (Lipinski definition) is 5. The first kappa shape index (κ1) is 20.2. The van der Waals surface area contributed by atoms with E-state index in [0.29, 0.717) is 38.4 Å². The normalized spacial score (nSPS) is 16.1. The number of carbonyl (C=O) groups is 2. The molecule has 2 aromatic rings. The van der Waals surface area contributed by atoms with Crippen molar-refractivity contribution >= 4 is 23.2 Å². The smallest absolute Gasteiger partial charge is 0.253 e. The number of nitrogens with zero attached hydrogens (tertiary/aromatic N) is 1. The highest BCUT2D eigenvalue weighted by atomic mass is 16.5. The van der Waals surface area contributed by atoms with Crippen LogP contribution >= 0.6 is 0 Å². The van der Waals surface area contributed by atoms with Crippen LogP contribution in [0.25, 0.3) is 0 Å². The summed E-state index contributed by atoms with van der Waals surface area (Å²) in [6, 6.07) is 13.1. The first-order chi connectivity index (χ1) is 14.7. The maximum atomic E-state index is 13.0. The van der Waals surface area contributed by atoms with Gasteiger partial charge in [0.25, 0.3) is 5.91 Å². The van der Waals surface area contributed by atoms with E-state index in [2.05, 4.69) is 15.5 Å². The number of nitrogens with one attached hydrogen (secondary N) is 2. The highest BCUT2D eigenvalue weighted by molar-refractivity contribution is 6.02. The fourth-order valence-electron chi connectivity index (χ4n) is 3.58. The van der Waals surface area contributed by atoms with Crippen LogP contribution < -0.4 is 20.3 Å². The van der Waals surface area contributed by atoms with Crippen molar-refractivity contribution in [3.05, 3.63) is 53.6 Å². The van der Waals surface area contributed by atoms with E-state index in [0.717, 1.165) is 35.5 Å². The maximum absolute atomic E-state index is 13.0. The third-order valence-corrected chi connectivity index (χ3v) is 5.44. The van der Waals surface area contributed by atoms with Crippen molar-refractivity contribution in [3.8, 4) is 5.75 Å². The second-order valence-corrected chi connectivity index (χ2v) is 7.59. The Morgan fingerprint density at radius 3 is 2.63 bits per heavy atom. The van der Waals surface area contributed by atoms with Gasteiger partial charge in [0.05, 0.1) is 31.6 Å². The van der Waals surface area contributed by atoms with Crippen LogP contribution in [0.3, 0.4) is 0 Å². The highest BCUT2D eigenvalue weighted by Gasteiger charge is 2.30. The third-order valence-electron chi connectivity index (χ3n) is 5.44. The van der Waals surface area contributed by atoms with Gasteiger partial charge in [-0.25, -0.2) is 0 Å². The first-order valence-corrected chi connectivity index (χ1v) is 10.3. The number of methoxy groups -OCH3 is 1. The molecule has 1 aliphatic heterocycles. The van der Waals surface area contributed by atoms with Crippen LogP contribution in [0.15, 0.2) is 42.5 Å². The van der Waals surface area contributed by atoms with Gasteiger partial charge in [-0.05, 0) is 37.1 Å². The Balaban J connectivity index is 1.53. The number of carbonyl (C=O) groups excluding carboxylic acids is 2. The molecule has 1 saturated carbocycles. The van der Waals surface area contributed by atoms with Crippen LogP contribution in [0, 0.1) is 5.92 Å². The van der Waals surface area contributed by atoms with Crippen molar-refractivity contribution in [2.24, 2.45) is 5.92 Å². The Labute approximate surface area is 176 Å². The lowest BCUT2D eigenvalue weighted by atomic mass is 10.1. The molecule has 0 radical (unpaired) electrons. The van der Waals surface area contributed by atoms with Crippen molar-refractivity contribution in [1.82, 2.24) is 5.32 Å². The molecule has 158 valence electrons. The maximum Gasteiger partial charge on any atom is 0.253 e. The molecule has 1 heterocycles. The van der Waals surface area contributed by atoms with Crippen molar-refractivity contribution < 1.29 is 19.1 Å². The van der Waals surface area contributed by atoms with Crippen LogP contribution in [0.5, 0.6) is 5.75 Å². The molecule has 4 rings (SSSR count). The lowest BCUT2D eigenvalue weighted by molar-refractivity contribution is -0.117. The van der Waals surface area contributed by atoms with E-state index in [4.69, 9.17) is 9.47 Å². The number of morpholine rings is 1. The van der Waals surface area contributed by atoms with Crippen molar-refractivity contribution in [2.75, 3.05) is 43.6 Å². The average molecular weight is 409 g/mol. The van der Waals surface area contributed by atoms with E-state index < -0.39 is 0 Å². The molecule has 2 aliphatic rings. The molecule has 7 heteroatoms. The van der Waals surface area contributed by atoms with Crippen LogP contribution in [-0.4, -0.2) is 45.2 Å². The van der Waals surface area contributed by atoms with E-state index >= 15 is 0 Å². The van der Waals surface area contributed by atoms with Crippen LogP contribution in [0.4, 0.5) is 11.4 Å². The van der Waals surface area contributed by atoms with Gasteiger partial charge in [0.1, 0.15) is 5.75 Å². The Morgan fingerprint density at radius 1 is 1.13 bits per heavy atom. The third kappa shape index (κ3) is 4.74. The summed E-state index contributed by atoms with van der Waals surface area (Å²) in [5.41, 5.74) is 3.02. The Kier molecular flexibility index (Phi) is 6.18.